The molecule has 0 saturated carbocycles. The Bertz CT molecular complexity index is 1620. The summed E-state index contributed by atoms with van der Waals surface area (Å²) in [6.45, 7) is 77.9. The number of aliphatic hydroxyl groups excluding tert-OH is 2. The van der Waals surface area contributed by atoms with Crippen molar-refractivity contribution < 1.29 is 53.0 Å². The zero-order valence-electron chi connectivity index (χ0n) is 73.1. The summed E-state index contributed by atoms with van der Waals surface area (Å²) in [5.74, 6) is 7.08. The van der Waals surface area contributed by atoms with Crippen LogP contribution in [0.4, 0.5) is 0 Å². The van der Waals surface area contributed by atoms with E-state index < -0.39 is 0 Å². The van der Waals surface area contributed by atoms with E-state index in [0.717, 1.165) is 152 Å². The average molecular weight is 1420 g/mol. The number of nitrogens with one attached hydrogen (secondary N) is 1. The number of rotatable bonds is 48. The lowest BCUT2D eigenvalue weighted by atomic mass is 9.85. The molecule has 7 atom stereocenters. The van der Waals surface area contributed by atoms with Gasteiger partial charge in [0.2, 0.25) is 5.91 Å². The largest absolute Gasteiger partial charge is 0.393 e. The van der Waals surface area contributed by atoms with E-state index in [1.165, 1.54) is 71.1 Å². The van der Waals surface area contributed by atoms with E-state index in [2.05, 4.69) is 203 Å². The summed E-state index contributed by atoms with van der Waals surface area (Å²) in [7, 11) is 0. The van der Waals surface area contributed by atoms with Crippen LogP contribution in [0.25, 0.3) is 0 Å². The van der Waals surface area contributed by atoms with Crippen LogP contribution >= 0.6 is 0 Å². The second-order valence-electron chi connectivity index (χ2n) is 31.9. The molecule has 0 aliphatic rings. The third-order valence-electron chi connectivity index (χ3n) is 15.7. The molecule has 0 fully saturated rings. The van der Waals surface area contributed by atoms with Gasteiger partial charge in [0.1, 0.15) is 5.78 Å². The van der Waals surface area contributed by atoms with Gasteiger partial charge in [-0.25, -0.2) is 0 Å². The van der Waals surface area contributed by atoms with Gasteiger partial charge in [0.15, 0.2) is 5.78 Å². The standard InChI is InChI=1S/2C13H28O2.C12H24O.C11H21NO2.C11H24O2.C8H16.C7H16O.C7H14O.C5H12/c1-6-14-13(5)9-10-15-12(4)8-7-11(2)3;1-6-14-10-13(5,11-15-7-2)9-8-12(3)4;1-5-6-7-10-13-12(4)9-8-11(2)3;1-5-11(14)10(12-9(4)13)7-6-8(2)3;1-9(2)5-6-11(4)13-8-7-10(3)12;1-4-5-6-7-8(2)3;2*1-6(2)4-5-7(3)8;1-4-5(2)3/h11-13H,6-10H2,1-5H3;12H,6-11H2,1-5H3;5-6,11-12H,7-10H2,1-4H3;8,10H,5-7H2,1-4H3,(H,12,13);9-12H,5-8H2,1-4H3;4-5,8H,6-7H2,1-3H3;6-8H,4-5H2,1-3H3;6H,4-5H2,1-3H3;5H,4H2,1-3H3. The molecule has 12 heteroatoms. The van der Waals surface area contributed by atoms with Gasteiger partial charge < -0.3 is 48.7 Å². The van der Waals surface area contributed by atoms with Gasteiger partial charge in [0.25, 0.3) is 0 Å². The fourth-order valence-corrected chi connectivity index (χ4v) is 8.19. The second kappa shape index (κ2) is 84.9. The van der Waals surface area contributed by atoms with Crippen LogP contribution in [-0.4, -0.2) is 123 Å². The van der Waals surface area contributed by atoms with Gasteiger partial charge in [-0.3, -0.25) is 9.59 Å². The molecule has 0 bridgehead atoms. The number of amides is 1. The normalized spacial score (nSPS) is 13.4. The summed E-state index contributed by atoms with van der Waals surface area (Å²) in [6.07, 6.45) is 32.1. The molecule has 0 aromatic rings. The molecule has 0 rings (SSSR count). The number of hydrogen-bond donors (Lipinski definition) is 3. The molecule has 1 amide bonds. The van der Waals surface area contributed by atoms with Crippen LogP contribution in [0, 0.1) is 58.7 Å². The van der Waals surface area contributed by atoms with Gasteiger partial charge in [-0.2, -0.15) is 0 Å². The van der Waals surface area contributed by atoms with E-state index in [1.807, 2.05) is 41.5 Å². The van der Waals surface area contributed by atoms with Crippen LogP contribution in [0.2, 0.25) is 0 Å². The van der Waals surface area contributed by atoms with Crippen molar-refractivity contribution in [2.24, 2.45) is 58.7 Å². The molecule has 0 aromatic carbocycles. The maximum atomic E-state index is 11.4. The van der Waals surface area contributed by atoms with E-state index in [4.69, 9.17) is 38.6 Å². The fourth-order valence-electron chi connectivity index (χ4n) is 8.19. The van der Waals surface area contributed by atoms with Gasteiger partial charge in [0, 0.05) is 58.2 Å². The number of allylic oxidation sites excluding steroid dienone is 3. The van der Waals surface area contributed by atoms with Crippen molar-refractivity contribution in [3.8, 4) is 0 Å². The van der Waals surface area contributed by atoms with Crippen molar-refractivity contribution in [3.05, 3.63) is 24.3 Å². The predicted octanol–water partition coefficient (Wildman–Crippen LogP) is 24.3. The molecule has 0 spiro atoms. The highest BCUT2D eigenvalue weighted by Crippen LogP contribution is 2.27. The van der Waals surface area contributed by atoms with Crippen LogP contribution in [-0.2, 0) is 42.8 Å². The van der Waals surface area contributed by atoms with Gasteiger partial charge in [-0.15, -0.1) is 0 Å². The van der Waals surface area contributed by atoms with E-state index in [-0.39, 0.29) is 35.4 Å². The number of ketones is 2. The van der Waals surface area contributed by atoms with E-state index in [9.17, 15) is 14.4 Å². The minimum absolute atomic E-state index is 0.114. The lowest BCUT2D eigenvalue weighted by molar-refractivity contribution is -0.126. The lowest BCUT2D eigenvalue weighted by Crippen LogP contribution is -2.39. The fraction of sp³-hybridized carbons (Fsp3) is 0.920. The minimum atomic E-state index is -0.278. The molecular weight excluding hydrogens is 1230 g/mol. The molecule has 0 aliphatic carbocycles. The highest BCUT2D eigenvalue weighted by Gasteiger charge is 2.25. The first kappa shape index (κ1) is 115. The molecule has 99 heavy (non-hydrogen) atoms. The average Bonchev–Trinajstić information content (AvgIpc) is 1.14. The molecule has 0 saturated heterocycles. The smallest absolute Gasteiger partial charge is 0.217 e. The van der Waals surface area contributed by atoms with Crippen molar-refractivity contribution in [1.82, 2.24) is 5.32 Å². The number of carbonyl (C=O) groups is 3. The van der Waals surface area contributed by atoms with Crippen molar-refractivity contribution in [3.63, 3.8) is 0 Å². The molecule has 7 unspecified atom stereocenters. The molecule has 0 heterocycles. The Balaban J connectivity index is -0.000000134. The van der Waals surface area contributed by atoms with Gasteiger partial charge >= 0.3 is 0 Å². The van der Waals surface area contributed by atoms with Gasteiger partial charge in [0.05, 0.1) is 62.5 Å². The topological polar surface area (TPSA) is 159 Å². The summed E-state index contributed by atoms with van der Waals surface area (Å²) in [6, 6.07) is -0.278. The van der Waals surface area contributed by atoms with Gasteiger partial charge in [-0.05, 0) is 245 Å². The number of aliphatic hydroxyl groups is 2. The molecule has 3 N–H and O–H groups in total. The Morgan fingerprint density at radius 2 is 0.737 bits per heavy atom. The molecule has 0 aromatic heterocycles. The number of carbonyl (C=O) groups excluding carboxylic acids is 3. The minimum Gasteiger partial charge on any atom is -0.393 e. The summed E-state index contributed by atoms with van der Waals surface area (Å²) >= 11 is 0. The van der Waals surface area contributed by atoms with Crippen LogP contribution in [0.3, 0.4) is 0 Å². The number of ether oxygens (including phenoxy) is 6. The first-order chi connectivity index (χ1) is 46.0. The van der Waals surface area contributed by atoms with Crippen LogP contribution in [0.5, 0.6) is 0 Å². The first-order valence-electron chi connectivity index (χ1n) is 40.5. The van der Waals surface area contributed by atoms with Gasteiger partial charge in [-0.1, -0.05) is 183 Å². The summed E-state index contributed by atoms with van der Waals surface area (Å²) in [5, 5.41) is 20.5. The summed E-state index contributed by atoms with van der Waals surface area (Å²) in [5.41, 5.74) is 0.191. The molecular formula is C87H183NO11. The van der Waals surface area contributed by atoms with Crippen LogP contribution in [0.15, 0.2) is 24.3 Å². The van der Waals surface area contributed by atoms with E-state index in [1.54, 1.807) is 13.8 Å². The Kier molecular flexibility index (Phi) is 99.0. The Hall–Kier alpha value is -2.03. The number of hydrogen-bond acceptors (Lipinski definition) is 11. The summed E-state index contributed by atoms with van der Waals surface area (Å²) < 4.78 is 33.5. The molecule has 602 valence electrons. The van der Waals surface area contributed by atoms with Crippen molar-refractivity contribution in [1.29, 1.82) is 0 Å². The molecule has 12 nitrogen and oxygen atoms in total. The van der Waals surface area contributed by atoms with Crippen LogP contribution < -0.4 is 5.32 Å². The Morgan fingerprint density at radius 3 is 1.03 bits per heavy atom. The van der Waals surface area contributed by atoms with E-state index in [0.29, 0.717) is 55.1 Å². The first-order valence-corrected chi connectivity index (χ1v) is 40.5. The van der Waals surface area contributed by atoms with E-state index >= 15 is 0 Å². The SMILES string of the molecule is CC(=O)CCC(C)C.CC(C)CCC(C)O.CC(C)CCC(C)OCCC(C)O.CC=CCCC(C)C.CC=CCCOC(C)CCC(C)C.CCC(=O)C(CCC(C)C)NC(C)=O.CCC(C)C.CCOC(C)CCOC(C)CCC(C)C.CCOCC(C)(CCC(C)C)COCC. The van der Waals surface area contributed by atoms with Crippen LogP contribution in [0.1, 0.15) is 370 Å². The highest BCUT2D eigenvalue weighted by molar-refractivity contribution is 5.88. The van der Waals surface area contributed by atoms with Crippen molar-refractivity contribution >= 4 is 17.5 Å². The maximum Gasteiger partial charge on any atom is 0.217 e. The zero-order valence-corrected chi connectivity index (χ0v) is 73.1. The zero-order chi connectivity index (χ0) is 78.8. The highest BCUT2D eigenvalue weighted by atomic mass is 16.5. The third-order valence-corrected chi connectivity index (χ3v) is 15.7. The van der Waals surface area contributed by atoms with Crippen molar-refractivity contribution in [2.75, 3.05) is 52.9 Å². The lowest BCUT2D eigenvalue weighted by Gasteiger charge is -2.29. The Morgan fingerprint density at radius 1 is 0.394 bits per heavy atom. The predicted molar refractivity (Wildman–Crippen MR) is 437 cm³/mol. The second-order valence-corrected chi connectivity index (χ2v) is 31.9. The quantitative estimate of drug-likeness (QED) is 0.0393. The Labute approximate surface area is 621 Å². The van der Waals surface area contributed by atoms with Crippen molar-refractivity contribution in [2.45, 2.75) is 413 Å². The summed E-state index contributed by atoms with van der Waals surface area (Å²) in [4.78, 5) is 32.6. The third kappa shape index (κ3) is 126. The number of Topliss-reactive ketones (excluding diaryl/α,β-unsaturated/α-hetero) is 2. The molecule has 0 aliphatic heterocycles. The maximum absolute atomic E-state index is 11.4. The molecule has 0 radical (unpaired) electrons. The monoisotopic (exact) mass is 1420 g/mol.